The largest absolute Gasteiger partial charge is 0.361 e. The summed E-state index contributed by atoms with van der Waals surface area (Å²) in [4.78, 5) is 21.2. The number of likely N-dealkylation sites (tertiary alicyclic amines) is 2. The lowest BCUT2D eigenvalue weighted by Crippen LogP contribution is -2.59. The molecule has 1 amide bonds. The highest BCUT2D eigenvalue weighted by Crippen LogP contribution is 2.47. The van der Waals surface area contributed by atoms with Crippen LogP contribution in [0, 0.1) is 12.3 Å². The summed E-state index contributed by atoms with van der Waals surface area (Å²) in [5.41, 5.74) is 1.38. The third-order valence-electron chi connectivity index (χ3n) is 5.69. The first-order valence-corrected chi connectivity index (χ1v) is 9.35. The minimum atomic E-state index is -0.0715. The van der Waals surface area contributed by atoms with Crippen LogP contribution >= 0.6 is 0 Å². The molecule has 0 saturated carbocycles. The molecule has 0 bridgehead atoms. The Morgan fingerprint density at radius 2 is 1.93 bits per heavy atom. The molecule has 28 heavy (non-hydrogen) atoms. The van der Waals surface area contributed by atoms with Crippen molar-refractivity contribution in [3.63, 3.8) is 0 Å². The van der Waals surface area contributed by atoms with Crippen LogP contribution in [-0.2, 0) is 0 Å². The van der Waals surface area contributed by atoms with Gasteiger partial charge in [0.15, 0.2) is 5.69 Å². The molecule has 2 fully saturated rings. The monoisotopic (exact) mass is 379 g/mol. The molecule has 1 atom stereocenters. The molecule has 144 valence electrons. The summed E-state index contributed by atoms with van der Waals surface area (Å²) in [6.45, 7) is 4.09. The van der Waals surface area contributed by atoms with E-state index in [1.165, 1.54) is 0 Å². The van der Waals surface area contributed by atoms with Gasteiger partial charge in [-0.25, -0.2) is 0 Å². The van der Waals surface area contributed by atoms with Gasteiger partial charge in [0.05, 0.1) is 6.04 Å². The van der Waals surface area contributed by atoms with E-state index >= 15 is 0 Å². The number of carbonyl (C=O) groups is 1. The summed E-state index contributed by atoms with van der Waals surface area (Å²) in [7, 11) is 2.07. The summed E-state index contributed by atoms with van der Waals surface area (Å²) in [5, 5.41) is 7.98. The second kappa shape index (κ2) is 6.27. The molecule has 1 unspecified atom stereocenters. The maximum absolute atomic E-state index is 12.5. The van der Waals surface area contributed by atoms with Crippen LogP contribution in [0.5, 0.6) is 0 Å². The van der Waals surface area contributed by atoms with Crippen molar-refractivity contribution >= 4 is 5.91 Å². The number of rotatable bonds is 3. The van der Waals surface area contributed by atoms with Gasteiger partial charge < -0.3 is 13.9 Å². The number of nitrogens with zero attached hydrogens (tertiary/aromatic N) is 5. The Bertz CT molecular complexity index is 1010. The second-order valence-electron chi connectivity index (χ2n) is 7.94. The fraction of sp³-hybridized carbons (Fsp3) is 0.400. The van der Waals surface area contributed by atoms with Gasteiger partial charge in [0.1, 0.15) is 5.76 Å². The summed E-state index contributed by atoms with van der Waals surface area (Å²) < 4.78 is 10.6. The summed E-state index contributed by atoms with van der Waals surface area (Å²) >= 11 is 0. The van der Waals surface area contributed by atoms with Gasteiger partial charge in [0, 0.05) is 36.7 Å². The zero-order valence-corrected chi connectivity index (χ0v) is 15.8. The maximum Gasteiger partial charge on any atom is 0.276 e. The van der Waals surface area contributed by atoms with Crippen molar-refractivity contribution in [2.24, 2.45) is 5.41 Å². The Hall–Kier alpha value is -3.00. The van der Waals surface area contributed by atoms with Crippen molar-refractivity contribution < 1.29 is 13.8 Å². The summed E-state index contributed by atoms with van der Waals surface area (Å²) in [6.07, 6.45) is 0.890. The second-order valence-corrected chi connectivity index (χ2v) is 7.94. The summed E-state index contributed by atoms with van der Waals surface area (Å²) in [6, 6.07) is 11.6. The predicted molar refractivity (Wildman–Crippen MR) is 99.3 cm³/mol. The molecule has 5 rings (SSSR count). The first-order valence-electron chi connectivity index (χ1n) is 9.35. The van der Waals surface area contributed by atoms with Gasteiger partial charge >= 0.3 is 0 Å². The fourth-order valence-corrected chi connectivity index (χ4v) is 4.39. The maximum atomic E-state index is 12.5. The van der Waals surface area contributed by atoms with E-state index in [0.29, 0.717) is 36.3 Å². The summed E-state index contributed by atoms with van der Waals surface area (Å²) in [5.74, 6) is 1.81. The van der Waals surface area contributed by atoms with Crippen molar-refractivity contribution in [2.45, 2.75) is 19.4 Å². The lowest BCUT2D eigenvalue weighted by Gasteiger charge is -2.47. The SMILES string of the molecule is Cc1cc(C(=O)N2CC3(CC(c4nc(-c5ccccc5)no4)N(C)C3)C2)no1. The van der Waals surface area contributed by atoms with Crippen LogP contribution in [0.2, 0.25) is 0 Å². The standard InChI is InChI=1S/C20H21N5O3/c1-13-8-15(22-27-13)19(26)25-11-20(12-25)9-16(24(2)10-20)18-21-17(23-28-18)14-6-4-3-5-7-14/h3-8,16H,9-12H2,1-2H3. The normalized spacial score (nSPS) is 21.2. The molecule has 2 aromatic heterocycles. The highest BCUT2D eigenvalue weighted by atomic mass is 16.5. The Labute approximate surface area is 162 Å². The van der Waals surface area contributed by atoms with E-state index in [0.717, 1.165) is 18.5 Å². The highest BCUT2D eigenvalue weighted by molar-refractivity contribution is 5.93. The van der Waals surface area contributed by atoms with Gasteiger partial charge in [-0.2, -0.15) is 4.98 Å². The first-order chi connectivity index (χ1) is 13.5. The minimum absolute atomic E-state index is 0.0647. The quantitative estimate of drug-likeness (QED) is 0.691. The predicted octanol–water partition coefficient (Wildman–Crippen LogP) is 2.55. The highest BCUT2D eigenvalue weighted by Gasteiger charge is 2.53. The number of benzene rings is 1. The van der Waals surface area contributed by atoms with Crippen molar-refractivity contribution in [2.75, 3.05) is 26.7 Å². The van der Waals surface area contributed by atoms with E-state index in [1.807, 2.05) is 35.2 Å². The van der Waals surface area contributed by atoms with Gasteiger partial charge in [-0.15, -0.1) is 0 Å². The Morgan fingerprint density at radius 1 is 1.14 bits per heavy atom. The molecule has 3 aromatic rings. The van der Waals surface area contributed by atoms with Crippen LogP contribution in [-0.4, -0.2) is 57.7 Å². The van der Waals surface area contributed by atoms with Gasteiger partial charge in [-0.1, -0.05) is 40.6 Å². The zero-order chi connectivity index (χ0) is 19.3. The van der Waals surface area contributed by atoms with E-state index in [2.05, 4.69) is 27.2 Å². The van der Waals surface area contributed by atoms with E-state index in [9.17, 15) is 4.79 Å². The molecule has 1 spiro atoms. The first kappa shape index (κ1) is 17.1. The van der Waals surface area contributed by atoms with Crippen molar-refractivity contribution in [3.05, 3.63) is 53.7 Å². The van der Waals surface area contributed by atoms with Crippen LogP contribution in [0.25, 0.3) is 11.4 Å². The fourth-order valence-electron chi connectivity index (χ4n) is 4.39. The van der Waals surface area contributed by atoms with Gasteiger partial charge in [-0.05, 0) is 20.4 Å². The average Bonchev–Trinajstić information content (AvgIpc) is 3.39. The molecule has 1 aromatic carbocycles. The van der Waals surface area contributed by atoms with Crippen LogP contribution in [0.1, 0.15) is 34.6 Å². The molecular weight excluding hydrogens is 358 g/mol. The minimum Gasteiger partial charge on any atom is -0.361 e. The molecule has 0 N–H and O–H groups in total. The van der Waals surface area contributed by atoms with E-state index in [1.54, 1.807) is 13.0 Å². The topological polar surface area (TPSA) is 88.5 Å². The molecular formula is C20H21N5O3. The van der Waals surface area contributed by atoms with Crippen LogP contribution in [0.4, 0.5) is 0 Å². The van der Waals surface area contributed by atoms with E-state index < -0.39 is 0 Å². The number of aryl methyl sites for hydroxylation is 1. The zero-order valence-electron chi connectivity index (χ0n) is 15.8. The average molecular weight is 379 g/mol. The molecule has 2 aliphatic rings. The number of amides is 1. The number of carbonyl (C=O) groups excluding carboxylic acids is 1. The van der Waals surface area contributed by atoms with E-state index in [-0.39, 0.29) is 17.4 Å². The Balaban J connectivity index is 1.28. The van der Waals surface area contributed by atoms with Crippen LogP contribution in [0.15, 0.2) is 45.4 Å². The Kier molecular flexibility index (Phi) is 3.83. The molecule has 8 nitrogen and oxygen atoms in total. The van der Waals surface area contributed by atoms with Gasteiger partial charge in [0.25, 0.3) is 5.91 Å². The van der Waals surface area contributed by atoms with Crippen molar-refractivity contribution in [3.8, 4) is 11.4 Å². The van der Waals surface area contributed by atoms with Crippen molar-refractivity contribution in [1.29, 1.82) is 0 Å². The van der Waals surface area contributed by atoms with E-state index in [4.69, 9.17) is 9.05 Å². The Morgan fingerprint density at radius 3 is 2.64 bits per heavy atom. The lowest BCUT2D eigenvalue weighted by atomic mass is 9.77. The van der Waals surface area contributed by atoms with Crippen LogP contribution < -0.4 is 0 Å². The third kappa shape index (κ3) is 2.80. The van der Waals surface area contributed by atoms with Crippen molar-refractivity contribution in [1.82, 2.24) is 25.1 Å². The third-order valence-corrected chi connectivity index (χ3v) is 5.69. The lowest BCUT2D eigenvalue weighted by molar-refractivity contribution is 0.0107. The van der Waals surface area contributed by atoms with Crippen LogP contribution in [0.3, 0.4) is 0 Å². The molecule has 2 saturated heterocycles. The van der Waals surface area contributed by atoms with Gasteiger partial charge in [-0.3, -0.25) is 9.69 Å². The molecule has 0 radical (unpaired) electrons. The number of aromatic nitrogens is 3. The molecule has 0 aliphatic carbocycles. The smallest absolute Gasteiger partial charge is 0.276 e. The number of hydrogen-bond acceptors (Lipinski definition) is 7. The van der Waals surface area contributed by atoms with Gasteiger partial charge in [0.2, 0.25) is 11.7 Å². The number of hydrogen-bond donors (Lipinski definition) is 0. The molecule has 2 aliphatic heterocycles. The molecule has 8 heteroatoms. The molecule has 4 heterocycles.